The van der Waals surface area contributed by atoms with Crippen molar-refractivity contribution < 1.29 is 9.13 Å². The summed E-state index contributed by atoms with van der Waals surface area (Å²) in [6.45, 7) is 4.86. The molecule has 0 amide bonds. The summed E-state index contributed by atoms with van der Waals surface area (Å²) in [4.78, 5) is 13.2. The number of methoxy groups -OCH3 is 1. The van der Waals surface area contributed by atoms with Crippen LogP contribution in [-0.2, 0) is 6.54 Å². The number of allylic oxidation sites excluding steroid dienone is 2. The molecule has 6 nitrogen and oxygen atoms in total. The van der Waals surface area contributed by atoms with Crippen molar-refractivity contribution in [3.05, 3.63) is 101 Å². The second kappa shape index (κ2) is 11.0. The lowest BCUT2D eigenvalue weighted by Gasteiger charge is -2.27. The maximum atomic E-state index is 15.0. The van der Waals surface area contributed by atoms with Crippen molar-refractivity contribution in [2.45, 2.75) is 20.4 Å². The lowest BCUT2D eigenvalue weighted by molar-refractivity contribution is 0.414. The molecule has 8 heteroatoms. The van der Waals surface area contributed by atoms with Gasteiger partial charge in [0.15, 0.2) is 0 Å². The third-order valence-corrected chi connectivity index (χ3v) is 7.43. The fraction of sp³-hybridized carbons (Fsp3) is 0.219. The van der Waals surface area contributed by atoms with Gasteiger partial charge in [0.05, 0.1) is 34.8 Å². The summed E-state index contributed by atoms with van der Waals surface area (Å²) < 4.78 is 20.3. The first-order valence-corrected chi connectivity index (χ1v) is 13.2. The van der Waals surface area contributed by atoms with E-state index in [1.165, 1.54) is 6.07 Å². The third kappa shape index (κ3) is 5.49. The Hall–Kier alpha value is -4.41. The number of halogens is 2. The first kappa shape index (κ1) is 27.2. The summed E-state index contributed by atoms with van der Waals surface area (Å²) in [6, 6.07) is 17.2. The van der Waals surface area contributed by atoms with Crippen LogP contribution < -0.4 is 14.5 Å². The molecule has 0 aliphatic carbocycles. The molecule has 0 atom stereocenters. The second-order valence-electron chi connectivity index (χ2n) is 10.3. The Morgan fingerprint density at radius 2 is 1.90 bits per heavy atom. The van der Waals surface area contributed by atoms with Gasteiger partial charge in [-0.2, -0.15) is 5.26 Å². The van der Waals surface area contributed by atoms with Crippen LogP contribution in [0.25, 0.3) is 22.0 Å². The number of nitriles is 1. The summed E-state index contributed by atoms with van der Waals surface area (Å²) in [6.07, 6.45) is 9.14. The molecule has 0 radical (unpaired) electrons. The predicted molar refractivity (Wildman–Crippen MR) is 159 cm³/mol. The number of benzene rings is 2. The van der Waals surface area contributed by atoms with E-state index in [-0.39, 0.29) is 0 Å². The number of anilines is 2. The van der Waals surface area contributed by atoms with Crippen LogP contribution >= 0.6 is 11.6 Å². The number of fused-ring (bicyclic) bond motifs is 1. The first-order chi connectivity index (χ1) is 19.2. The van der Waals surface area contributed by atoms with Crippen LogP contribution in [0.3, 0.4) is 0 Å². The molecule has 1 aliphatic rings. The zero-order valence-electron chi connectivity index (χ0n) is 22.8. The number of ether oxygens (including phenoxy) is 1. The van der Waals surface area contributed by atoms with Gasteiger partial charge in [0.1, 0.15) is 17.4 Å². The molecule has 40 heavy (non-hydrogen) atoms. The van der Waals surface area contributed by atoms with Gasteiger partial charge >= 0.3 is 0 Å². The molecule has 2 aromatic carbocycles. The minimum Gasteiger partial charge on any atom is -0.497 e. The Balaban J connectivity index is 1.39. The van der Waals surface area contributed by atoms with Crippen molar-refractivity contribution >= 4 is 34.0 Å². The maximum Gasteiger partial charge on any atom is 0.148 e. The molecule has 0 spiro atoms. The van der Waals surface area contributed by atoms with Crippen LogP contribution in [0.15, 0.2) is 84.8 Å². The average Bonchev–Trinajstić information content (AvgIpc) is 2.97. The number of hydrogen-bond donors (Lipinski definition) is 0. The topological polar surface area (TPSA) is 65.3 Å². The highest BCUT2D eigenvalue weighted by Crippen LogP contribution is 2.37. The number of aromatic nitrogens is 2. The van der Waals surface area contributed by atoms with Gasteiger partial charge in [-0.05, 0) is 61.4 Å². The molecule has 2 aromatic heterocycles. The SMILES string of the molecule is COc1ccc(CN(C)c2cc3ncc(-c4cc(N5C=CC(C(C)(C)C#N)=CC5)c(F)cc4Cl)cc3cn2)cc1. The summed E-state index contributed by atoms with van der Waals surface area (Å²) in [5.74, 6) is 1.20. The minimum atomic E-state index is -0.610. The van der Waals surface area contributed by atoms with Gasteiger partial charge in [0, 0.05) is 61.3 Å². The van der Waals surface area contributed by atoms with Crippen LogP contribution in [0.1, 0.15) is 19.4 Å². The smallest absolute Gasteiger partial charge is 0.148 e. The summed E-state index contributed by atoms with van der Waals surface area (Å²) in [7, 11) is 3.64. The van der Waals surface area contributed by atoms with Crippen molar-refractivity contribution in [3.63, 3.8) is 0 Å². The van der Waals surface area contributed by atoms with Gasteiger partial charge in [0.2, 0.25) is 0 Å². The number of nitrogens with zero attached hydrogens (tertiary/aromatic N) is 5. The molecule has 4 aromatic rings. The van der Waals surface area contributed by atoms with E-state index in [1.807, 2.05) is 69.4 Å². The Morgan fingerprint density at radius 1 is 1.12 bits per heavy atom. The highest BCUT2D eigenvalue weighted by molar-refractivity contribution is 6.33. The molecule has 0 N–H and O–H groups in total. The van der Waals surface area contributed by atoms with Crippen LogP contribution in [0.2, 0.25) is 5.02 Å². The first-order valence-electron chi connectivity index (χ1n) is 12.8. The van der Waals surface area contributed by atoms with Gasteiger partial charge in [-0.3, -0.25) is 4.98 Å². The van der Waals surface area contributed by atoms with Gasteiger partial charge in [-0.1, -0.05) is 29.8 Å². The van der Waals surface area contributed by atoms with Crippen molar-refractivity contribution in [1.29, 1.82) is 5.26 Å². The monoisotopic (exact) mass is 553 g/mol. The third-order valence-electron chi connectivity index (χ3n) is 7.12. The number of hydrogen-bond acceptors (Lipinski definition) is 6. The second-order valence-corrected chi connectivity index (χ2v) is 10.7. The fourth-order valence-electron chi connectivity index (χ4n) is 4.63. The molecule has 0 unspecified atom stereocenters. The Kier molecular flexibility index (Phi) is 7.46. The molecular formula is C32H29ClFN5O. The van der Waals surface area contributed by atoms with Crippen molar-refractivity contribution in [1.82, 2.24) is 9.97 Å². The van der Waals surface area contributed by atoms with E-state index in [2.05, 4.69) is 20.9 Å². The Morgan fingerprint density at radius 3 is 2.58 bits per heavy atom. The molecular weight excluding hydrogens is 525 g/mol. The van der Waals surface area contributed by atoms with E-state index < -0.39 is 11.2 Å². The van der Waals surface area contributed by atoms with E-state index in [0.29, 0.717) is 29.4 Å². The molecule has 0 fully saturated rings. The number of rotatable bonds is 7. The van der Waals surface area contributed by atoms with Gasteiger partial charge in [-0.25, -0.2) is 9.37 Å². The molecule has 3 heterocycles. The van der Waals surface area contributed by atoms with Gasteiger partial charge in [0.25, 0.3) is 0 Å². The van der Waals surface area contributed by atoms with Crippen molar-refractivity contribution in [2.24, 2.45) is 5.41 Å². The normalized spacial score (nSPS) is 13.2. The van der Waals surface area contributed by atoms with Crippen LogP contribution in [-0.4, -0.2) is 30.7 Å². The lowest BCUT2D eigenvalue weighted by atomic mass is 9.84. The Bertz CT molecular complexity index is 1670. The summed E-state index contributed by atoms with van der Waals surface area (Å²) in [5.41, 5.74) is 4.07. The zero-order valence-corrected chi connectivity index (χ0v) is 23.6. The van der Waals surface area contributed by atoms with Crippen LogP contribution in [0.5, 0.6) is 5.75 Å². The largest absolute Gasteiger partial charge is 0.497 e. The highest BCUT2D eigenvalue weighted by Gasteiger charge is 2.24. The lowest BCUT2D eigenvalue weighted by Crippen LogP contribution is -2.23. The molecule has 202 valence electrons. The quantitative estimate of drug-likeness (QED) is 0.235. The minimum absolute atomic E-state index is 0.300. The average molecular weight is 554 g/mol. The molecule has 0 saturated carbocycles. The van der Waals surface area contributed by atoms with Gasteiger partial charge in [-0.15, -0.1) is 0 Å². The highest BCUT2D eigenvalue weighted by atomic mass is 35.5. The van der Waals surface area contributed by atoms with Crippen LogP contribution in [0.4, 0.5) is 15.9 Å². The maximum absolute atomic E-state index is 15.0. The van der Waals surface area contributed by atoms with E-state index in [1.54, 1.807) is 36.7 Å². The van der Waals surface area contributed by atoms with E-state index >= 15 is 4.39 Å². The van der Waals surface area contributed by atoms with Crippen molar-refractivity contribution in [3.8, 4) is 22.9 Å². The van der Waals surface area contributed by atoms with Crippen LogP contribution in [0, 0.1) is 22.6 Å². The van der Waals surface area contributed by atoms with E-state index in [9.17, 15) is 5.26 Å². The zero-order chi connectivity index (χ0) is 28.4. The molecule has 5 rings (SSSR count). The predicted octanol–water partition coefficient (Wildman–Crippen LogP) is 7.54. The Labute approximate surface area is 238 Å². The number of pyridine rings is 2. The molecule has 0 bridgehead atoms. The summed E-state index contributed by atoms with van der Waals surface area (Å²) >= 11 is 6.51. The standard InChI is InChI=1S/C32H29ClFN5O/c1-32(2,20-35)24-9-11-39(12-10-24)30-14-26(27(33)15-28(30)34)22-13-23-18-37-31(16-29(23)36-17-22)38(3)19-21-5-7-25(40-4)8-6-21/h5-11,13-18H,12,19H2,1-4H3. The fourth-order valence-corrected chi connectivity index (χ4v) is 4.89. The van der Waals surface area contributed by atoms with E-state index in [4.69, 9.17) is 16.3 Å². The molecule has 1 aliphatic heterocycles. The molecule has 0 saturated heterocycles. The van der Waals surface area contributed by atoms with Gasteiger partial charge < -0.3 is 14.5 Å². The summed E-state index contributed by atoms with van der Waals surface area (Å²) in [5, 5.41) is 10.6. The van der Waals surface area contributed by atoms with E-state index in [0.717, 1.165) is 39.2 Å². The van der Waals surface area contributed by atoms with Crippen molar-refractivity contribution in [2.75, 3.05) is 30.5 Å².